The third-order valence-corrected chi connectivity index (χ3v) is 4.02. The van der Waals surface area contributed by atoms with Crippen LogP contribution in [0.2, 0.25) is 5.02 Å². The number of nitrogens with zero attached hydrogens (tertiary/aromatic N) is 1. The summed E-state index contributed by atoms with van der Waals surface area (Å²) in [7, 11) is 3.41. The zero-order valence-corrected chi connectivity index (χ0v) is 14.8. The number of hydrogen-bond acceptors (Lipinski definition) is 3. The van der Waals surface area contributed by atoms with Crippen LogP contribution < -0.4 is 9.47 Å². The molecule has 0 aromatic heterocycles. The summed E-state index contributed by atoms with van der Waals surface area (Å²) in [6.07, 6.45) is 1.11. The molecule has 0 saturated heterocycles. The molecule has 0 fully saturated rings. The molecule has 2 aromatic rings. The number of methoxy groups -OCH3 is 1. The zero-order chi connectivity index (χ0) is 17.4. The SMILES string of the molecule is COc1ccc(OCCCC(=O)N(C)Cc2ccccc2Cl)cc1. The number of halogens is 1. The Balaban J connectivity index is 1.71. The number of ether oxygens (including phenoxy) is 2. The van der Waals surface area contributed by atoms with Crippen LogP contribution in [0, 0.1) is 0 Å². The van der Waals surface area contributed by atoms with Crippen molar-refractivity contribution in [3.63, 3.8) is 0 Å². The van der Waals surface area contributed by atoms with Crippen molar-refractivity contribution in [1.82, 2.24) is 4.90 Å². The fraction of sp³-hybridized carbons (Fsp3) is 0.316. The average molecular weight is 348 g/mol. The molecule has 0 spiro atoms. The highest BCUT2D eigenvalue weighted by Crippen LogP contribution is 2.18. The van der Waals surface area contributed by atoms with E-state index in [1.54, 1.807) is 19.1 Å². The standard InChI is InChI=1S/C19H22ClNO3/c1-21(14-15-6-3-4-7-18(15)20)19(22)8-5-13-24-17-11-9-16(23-2)10-12-17/h3-4,6-7,9-12H,5,8,13-14H2,1-2H3. The molecule has 0 N–H and O–H groups in total. The predicted octanol–water partition coefficient (Wildman–Crippen LogP) is 4.17. The largest absolute Gasteiger partial charge is 0.497 e. The van der Waals surface area contributed by atoms with Gasteiger partial charge in [0, 0.05) is 25.0 Å². The normalized spacial score (nSPS) is 10.3. The molecular formula is C19H22ClNO3. The Bertz CT molecular complexity index is 658. The minimum absolute atomic E-state index is 0.0771. The molecule has 2 aromatic carbocycles. The molecular weight excluding hydrogens is 326 g/mol. The highest BCUT2D eigenvalue weighted by molar-refractivity contribution is 6.31. The number of rotatable bonds is 8. The molecule has 0 unspecified atom stereocenters. The van der Waals surface area contributed by atoms with Gasteiger partial charge in [-0.25, -0.2) is 0 Å². The zero-order valence-electron chi connectivity index (χ0n) is 14.0. The Kier molecular flexibility index (Phi) is 6.94. The molecule has 24 heavy (non-hydrogen) atoms. The molecule has 0 aliphatic carbocycles. The summed E-state index contributed by atoms with van der Waals surface area (Å²) in [4.78, 5) is 13.9. The fourth-order valence-electron chi connectivity index (χ4n) is 2.25. The molecule has 0 aliphatic rings. The van der Waals surface area contributed by atoms with Crippen LogP contribution >= 0.6 is 11.6 Å². The first-order chi connectivity index (χ1) is 11.6. The summed E-state index contributed by atoms with van der Waals surface area (Å²) >= 11 is 6.12. The molecule has 0 radical (unpaired) electrons. The first-order valence-electron chi connectivity index (χ1n) is 7.84. The lowest BCUT2D eigenvalue weighted by Gasteiger charge is -2.18. The number of benzene rings is 2. The molecule has 0 saturated carbocycles. The highest BCUT2D eigenvalue weighted by Gasteiger charge is 2.10. The van der Waals surface area contributed by atoms with Gasteiger partial charge in [-0.1, -0.05) is 29.8 Å². The monoisotopic (exact) mass is 347 g/mol. The summed E-state index contributed by atoms with van der Waals surface area (Å²) in [6, 6.07) is 15.0. The van der Waals surface area contributed by atoms with E-state index in [1.165, 1.54) is 0 Å². The number of hydrogen-bond donors (Lipinski definition) is 0. The quantitative estimate of drug-likeness (QED) is 0.673. The summed E-state index contributed by atoms with van der Waals surface area (Å²) < 4.78 is 10.7. The van der Waals surface area contributed by atoms with Gasteiger partial charge < -0.3 is 14.4 Å². The molecule has 5 heteroatoms. The van der Waals surface area contributed by atoms with Crippen molar-refractivity contribution in [3.05, 3.63) is 59.1 Å². The van der Waals surface area contributed by atoms with Gasteiger partial charge in [-0.2, -0.15) is 0 Å². The topological polar surface area (TPSA) is 38.8 Å². The van der Waals surface area contributed by atoms with Gasteiger partial charge >= 0.3 is 0 Å². The molecule has 128 valence electrons. The van der Waals surface area contributed by atoms with Crippen LogP contribution in [-0.4, -0.2) is 31.6 Å². The third-order valence-electron chi connectivity index (χ3n) is 3.65. The van der Waals surface area contributed by atoms with Crippen molar-refractivity contribution in [2.45, 2.75) is 19.4 Å². The second-order valence-corrected chi connectivity index (χ2v) is 5.88. The van der Waals surface area contributed by atoms with E-state index in [4.69, 9.17) is 21.1 Å². The second kappa shape index (κ2) is 9.18. The lowest BCUT2D eigenvalue weighted by molar-refractivity contribution is -0.130. The minimum atomic E-state index is 0.0771. The van der Waals surface area contributed by atoms with E-state index in [-0.39, 0.29) is 5.91 Å². The van der Waals surface area contributed by atoms with Crippen LogP contribution in [0.1, 0.15) is 18.4 Å². The Morgan fingerprint density at radius 1 is 1.08 bits per heavy atom. The lowest BCUT2D eigenvalue weighted by atomic mass is 10.2. The number of carbonyl (C=O) groups excluding carboxylic acids is 1. The highest BCUT2D eigenvalue weighted by atomic mass is 35.5. The Morgan fingerprint density at radius 3 is 2.42 bits per heavy atom. The second-order valence-electron chi connectivity index (χ2n) is 5.47. The molecule has 0 bridgehead atoms. The Morgan fingerprint density at radius 2 is 1.75 bits per heavy atom. The van der Waals surface area contributed by atoms with E-state index in [0.717, 1.165) is 17.1 Å². The summed E-state index contributed by atoms with van der Waals surface area (Å²) in [6.45, 7) is 1.01. The summed E-state index contributed by atoms with van der Waals surface area (Å²) in [5.41, 5.74) is 0.949. The van der Waals surface area contributed by atoms with E-state index in [2.05, 4.69) is 0 Å². The molecule has 0 heterocycles. The van der Waals surface area contributed by atoms with Gasteiger partial charge in [-0.05, 0) is 42.3 Å². The van der Waals surface area contributed by atoms with Gasteiger partial charge in [0.1, 0.15) is 11.5 Å². The van der Waals surface area contributed by atoms with E-state index in [9.17, 15) is 4.79 Å². The van der Waals surface area contributed by atoms with Gasteiger partial charge in [0.15, 0.2) is 0 Å². The van der Waals surface area contributed by atoms with Gasteiger partial charge in [0.2, 0.25) is 5.91 Å². The van der Waals surface area contributed by atoms with Crippen molar-refractivity contribution >= 4 is 17.5 Å². The van der Waals surface area contributed by atoms with E-state index in [0.29, 0.717) is 31.0 Å². The number of amides is 1. The first-order valence-corrected chi connectivity index (χ1v) is 8.22. The smallest absolute Gasteiger partial charge is 0.222 e. The van der Waals surface area contributed by atoms with Gasteiger partial charge in [-0.3, -0.25) is 4.79 Å². The van der Waals surface area contributed by atoms with E-state index < -0.39 is 0 Å². The Labute approximate surface area is 147 Å². The molecule has 2 rings (SSSR count). The van der Waals surface area contributed by atoms with Crippen LogP contribution in [0.4, 0.5) is 0 Å². The first kappa shape index (κ1) is 18.1. The Hall–Kier alpha value is -2.20. The molecule has 1 amide bonds. The molecule has 0 atom stereocenters. The fourth-order valence-corrected chi connectivity index (χ4v) is 2.44. The van der Waals surface area contributed by atoms with Gasteiger partial charge in [0.05, 0.1) is 13.7 Å². The van der Waals surface area contributed by atoms with Crippen LogP contribution in [0.15, 0.2) is 48.5 Å². The van der Waals surface area contributed by atoms with E-state index >= 15 is 0 Å². The number of carbonyl (C=O) groups is 1. The van der Waals surface area contributed by atoms with E-state index in [1.807, 2.05) is 48.5 Å². The van der Waals surface area contributed by atoms with Crippen LogP contribution in [0.5, 0.6) is 11.5 Å². The molecule has 0 aliphatic heterocycles. The van der Waals surface area contributed by atoms with Crippen LogP contribution in [0.3, 0.4) is 0 Å². The maximum absolute atomic E-state index is 12.2. The minimum Gasteiger partial charge on any atom is -0.497 e. The summed E-state index contributed by atoms with van der Waals surface area (Å²) in [5, 5.41) is 0.681. The maximum Gasteiger partial charge on any atom is 0.222 e. The maximum atomic E-state index is 12.2. The van der Waals surface area contributed by atoms with Crippen molar-refractivity contribution in [3.8, 4) is 11.5 Å². The molecule has 4 nitrogen and oxygen atoms in total. The predicted molar refractivity (Wildman–Crippen MR) is 95.6 cm³/mol. The van der Waals surface area contributed by atoms with Crippen molar-refractivity contribution < 1.29 is 14.3 Å². The summed E-state index contributed by atoms with van der Waals surface area (Å²) in [5.74, 6) is 1.64. The van der Waals surface area contributed by atoms with Crippen molar-refractivity contribution in [1.29, 1.82) is 0 Å². The average Bonchev–Trinajstić information content (AvgIpc) is 2.61. The van der Waals surface area contributed by atoms with Gasteiger partial charge in [-0.15, -0.1) is 0 Å². The third kappa shape index (κ3) is 5.46. The van der Waals surface area contributed by atoms with Crippen LogP contribution in [0.25, 0.3) is 0 Å². The van der Waals surface area contributed by atoms with Gasteiger partial charge in [0.25, 0.3) is 0 Å². The van der Waals surface area contributed by atoms with Crippen molar-refractivity contribution in [2.75, 3.05) is 20.8 Å². The lowest BCUT2D eigenvalue weighted by Crippen LogP contribution is -2.26. The van der Waals surface area contributed by atoms with Crippen LogP contribution in [-0.2, 0) is 11.3 Å². The van der Waals surface area contributed by atoms with Crippen molar-refractivity contribution in [2.24, 2.45) is 0 Å².